The van der Waals surface area contributed by atoms with Crippen LogP contribution in [0.2, 0.25) is 10.0 Å². The van der Waals surface area contributed by atoms with Crippen LogP contribution in [0.25, 0.3) is 5.76 Å². The number of hydrogen-bond acceptors (Lipinski definition) is 4. The van der Waals surface area contributed by atoms with E-state index in [0.717, 1.165) is 5.56 Å². The Morgan fingerprint density at radius 2 is 1.58 bits per heavy atom. The topological polar surface area (TPSA) is 66.8 Å². The summed E-state index contributed by atoms with van der Waals surface area (Å²) < 4.78 is 18.8. The van der Waals surface area contributed by atoms with Crippen LogP contribution in [0.3, 0.4) is 0 Å². The molecule has 1 heterocycles. The van der Waals surface area contributed by atoms with Gasteiger partial charge in [0.05, 0.1) is 28.8 Å². The highest BCUT2D eigenvalue weighted by atomic mass is 35.5. The smallest absolute Gasteiger partial charge is 0.300 e. The number of amides is 1. The number of anilines is 1. The number of aryl methyl sites for hydroxylation is 1. The van der Waals surface area contributed by atoms with Gasteiger partial charge in [-0.15, -0.1) is 0 Å². The molecule has 1 unspecified atom stereocenters. The van der Waals surface area contributed by atoms with Crippen molar-refractivity contribution in [3.05, 3.63) is 98.8 Å². The highest BCUT2D eigenvalue weighted by Crippen LogP contribution is 2.43. The minimum atomic E-state index is -0.993. The van der Waals surface area contributed by atoms with Crippen LogP contribution < -0.4 is 9.64 Å². The van der Waals surface area contributed by atoms with E-state index in [1.165, 1.54) is 48.4 Å². The number of Topliss-reactive ketones (excluding diaryl/α,β-unsaturated/α-hetero) is 1. The lowest BCUT2D eigenvalue weighted by Gasteiger charge is -2.25. The summed E-state index contributed by atoms with van der Waals surface area (Å²) >= 11 is 12.4. The molecule has 1 fully saturated rings. The van der Waals surface area contributed by atoms with Gasteiger partial charge in [-0.25, -0.2) is 4.39 Å². The molecule has 3 aromatic rings. The molecular weight excluding hydrogens is 468 g/mol. The van der Waals surface area contributed by atoms with Gasteiger partial charge in [-0.1, -0.05) is 53.0 Å². The highest BCUT2D eigenvalue weighted by Gasteiger charge is 2.47. The monoisotopic (exact) mass is 485 g/mol. The third-order valence-corrected chi connectivity index (χ3v) is 5.98. The Morgan fingerprint density at radius 1 is 1.00 bits per heavy atom. The Hall–Kier alpha value is -3.35. The Kier molecular flexibility index (Phi) is 6.15. The molecule has 1 N–H and O–H groups in total. The lowest BCUT2D eigenvalue weighted by molar-refractivity contribution is -0.132. The van der Waals surface area contributed by atoms with Gasteiger partial charge in [-0.3, -0.25) is 14.5 Å². The quantitative estimate of drug-likeness (QED) is 0.276. The number of aliphatic hydroxyl groups excluding tert-OH is 1. The molecule has 5 nitrogen and oxygen atoms in total. The molecule has 1 saturated heterocycles. The Bertz CT molecular complexity index is 1260. The number of ketones is 1. The maximum Gasteiger partial charge on any atom is 0.300 e. The molecule has 0 aliphatic carbocycles. The molecule has 3 aromatic carbocycles. The largest absolute Gasteiger partial charge is 0.507 e. The minimum Gasteiger partial charge on any atom is -0.507 e. The van der Waals surface area contributed by atoms with Gasteiger partial charge >= 0.3 is 0 Å². The molecule has 1 atom stereocenters. The Morgan fingerprint density at radius 3 is 2.12 bits per heavy atom. The second kappa shape index (κ2) is 8.89. The van der Waals surface area contributed by atoms with E-state index in [0.29, 0.717) is 11.3 Å². The van der Waals surface area contributed by atoms with Gasteiger partial charge < -0.3 is 9.84 Å². The fourth-order valence-corrected chi connectivity index (χ4v) is 4.45. The number of halogens is 3. The lowest BCUT2D eigenvalue weighted by atomic mass is 9.95. The third kappa shape index (κ3) is 4.08. The fraction of sp³-hybridized carbons (Fsp3) is 0.120. The number of benzene rings is 3. The summed E-state index contributed by atoms with van der Waals surface area (Å²) in [6.45, 7) is 1.90. The van der Waals surface area contributed by atoms with Crippen molar-refractivity contribution in [3.63, 3.8) is 0 Å². The van der Waals surface area contributed by atoms with Crippen LogP contribution in [0.4, 0.5) is 10.1 Å². The van der Waals surface area contributed by atoms with E-state index in [1.807, 2.05) is 6.92 Å². The summed E-state index contributed by atoms with van der Waals surface area (Å²) in [5, 5.41) is 11.4. The van der Waals surface area contributed by atoms with E-state index >= 15 is 0 Å². The molecule has 1 aliphatic heterocycles. The standard InChI is InChI=1S/C25H18Cl2FNO4/c1-13-3-9-17(10-4-13)29-21(14-5-7-16(28)8-6-14)20(23(31)25(29)32)22(30)15-11-18(26)24(33-2)19(27)12-15/h3-12,21,30H,1-2H3/b22-20+. The molecule has 4 rings (SSSR count). The first-order valence-corrected chi connectivity index (χ1v) is 10.6. The number of carbonyl (C=O) groups excluding carboxylic acids is 2. The molecule has 0 aromatic heterocycles. The third-order valence-electron chi connectivity index (χ3n) is 5.42. The van der Waals surface area contributed by atoms with Crippen molar-refractivity contribution in [1.29, 1.82) is 0 Å². The average Bonchev–Trinajstić information content (AvgIpc) is 3.05. The van der Waals surface area contributed by atoms with Crippen molar-refractivity contribution < 1.29 is 23.8 Å². The van der Waals surface area contributed by atoms with Crippen molar-refractivity contribution in [2.45, 2.75) is 13.0 Å². The lowest BCUT2D eigenvalue weighted by Crippen LogP contribution is -2.29. The number of aliphatic hydroxyl groups is 1. The summed E-state index contributed by atoms with van der Waals surface area (Å²) in [6.07, 6.45) is 0. The predicted molar refractivity (Wildman–Crippen MR) is 125 cm³/mol. The van der Waals surface area contributed by atoms with E-state index < -0.39 is 29.3 Å². The first-order valence-electron chi connectivity index (χ1n) is 9.89. The first kappa shape index (κ1) is 22.8. The zero-order valence-corrected chi connectivity index (χ0v) is 19.1. The van der Waals surface area contributed by atoms with Gasteiger partial charge in [0.25, 0.3) is 11.7 Å². The van der Waals surface area contributed by atoms with Crippen molar-refractivity contribution in [3.8, 4) is 5.75 Å². The van der Waals surface area contributed by atoms with Gasteiger partial charge in [0.15, 0.2) is 5.75 Å². The second-order valence-corrected chi connectivity index (χ2v) is 8.34. The minimum absolute atomic E-state index is 0.123. The van der Waals surface area contributed by atoms with E-state index in [-0.39, 0.29) is 26.9 Å². The number of methoxy groups -OCH3 is 1. The van der Waals surface area contributed by atoms with Crippen LogP contribution in [0.15, 0.2) is 66.2 Å². The first-order chi connectivity index (χ1) is 15.7. The van der Waals surface area contributed by atoms with Crippen molar-refractivity contribution in [1.82, 2.24) is 0 Å². The highest BCUT2D eigenvalue weighted by molar-refractivity contribution is 6.51. The van der Waals surface area contributed by atoms with Crippen LogP contribution in [-0.2, 0) is 9.59 Å². The van der Waals surface area contributed by atoms with Gasteiger partial charge in [-0.05, 0) is 48.9 Å². The summed E-state index contributed by atoms with van der Waals surface area (Å²) in [7, 11) is 1.40. The van der Waals surface area contributed by atoms with Crippen LogP contribution in [0.5, 0.6) is 5.75 Å². The summed E-state index contributed by atoms with van der Waals surface area (Å²) in [5.74, 6) is -2.42. The molecule has 0 spiro atoms. The molecule has 33 heavy (non-hydrogen) atoms. The van der Waals surface area contributed by atoms with Gasteiger partial charge in [-0.2, -0.15) is 0 Å². The van der Waals surface area contributed by atoms with E-state index in [9.17, 15) is 19.1 Å². The Balaban J connectivity index is 1.95. The van der Waals surface area contributed by atoms with Gasteiger partial charge in [0, 0.05) is 11.3 Å². The molecule has 0 radical (unpaired) electrons. The molecule has 168 valence electrons. The molecule has 0 saturated carbocycles. The van der Waals surface area contributed by atoms with Crippen molar-refractivity contribution >= 4 is 46.3 Å². The molecule has 8 heteroatoms. The van der Waals surface area contributed by atoms with E-state index in [4.69, 9.17) is 27.9 Å². The maximum atomic E-state index is 13.6. The average molecular weight is 486 g/mol. The van der Waals surface area contributed by atoms with Crippen molar-refractivity contribution in [2.24, 2.45) is 0 Å². The zero-order chi connectivity index (χ0) is 23.9. The number of nitrogens with zero attached hydrogens (tertiary/aromatic N) is 1. The summed E-state index contributed by atoms with van der Waals surface area (Å²) in [4.78, 5) is 27.5. The molecular formula is C25H18Cl2FNO4. The normalized spacial score (nSPS) is 17.5. The summed E-state index contributed by atoms with van der Waals surface area (Å²) in [6, 6.07) is 14.2. The van der Waals surface area contributed by atoms with Crippen LogP contribution in [0.1, 0.15) is 22.7 Å². The number of carbonyl (C=O) groups is 2. The van der Waals surface area contributed by atoms with E-state index in [1.54, 1.807) is 24.3 Å². The molecule has 0 bridgehead atoms. The Labute approximate surface area is 199 Å². The predicted octanol–water partition coefficient (Wildman–Crippen LogP) is 6.08. The number of ether oxygens (including phenoxy) is 1. The SMILES string of the molecule is COc1c(Cl)cc(/C(O)=C2\C(=O)C(=O)N(c3ccc(C)cc3)C2c2ccc(F)cc2)cc1Cl. The number of rotatable bonds is 4. The van der Waals surface area contributed by atoms with Crippen LogP contribution >= 0.6 is 23.2 Å². The zero-order valence-electron chi connectivity index (χ0n) is 17.6. The van der Waals surface area contributed by atoms with Gasteiger partial charge in [0.2, 0.25) is 0 Å². The second-order valence-electron chi connectivity index (χ2n) is 7.53. The van der Waals surface area contributed by atoms with Crippen LogP contribution in [-0.4, -0.2) is 23.9 Å². The fourth-order valence-electron chi connectivity index (χ4n) is 3.81. The number of hydrogen-bond donors (Lipinski definition) is 1. The van der Waals surface area contributed by atoms with Crippen LogP contribution in [0, 0.1) is 12.7 Å². The summed E-state index contributed by atoms with van der Waals surface area (Å²) in [5.41, 5.74) is 1.85. The van der Waals surface area contributed by atoms with Gasteiger partial charge in [0.1, 0.15) is 11.6 Å². The van der Waals surface area contributed by atoms with E-state index in [2.05, 4.69) is 0 Å². The maximum absolute atomic E-state index is 13.6. The molecule has 1 aliphatic rings. The van der Waals surface area contributed by atoms with Crippen molar-refractivity contribution in [2.75, 3.05) is 12.0 Å². The molecule has 1 amide bonds.